The minimum Gasteiger partial charge on any atom is -0.493 e. The van der Waals surface area contributed by atoms with Crippen LogP contribution in [0.3, 0.4) is 0 Å². The number of halogens is 1. The van der Waals surface area contributed by atoms with Crippen LogP contribution in [0.5, 0.6) is 17.2 Å². The Kier molecular flexibility index (Phi) is 4.88. The summed E-state index contributed by atoms with van der Waals surface area (Å²) in [4.78, 5) is 0. The summed E-state index contributed by atoms with van der Waals surface area (Å²) in [6, 6.07) is 11.5. The van der Waals surface area contributed by atoms with Gasteiger partial charge in [-0.25, -0.2) is 0 Å². The molecule has 0 radical (unpaired) electrons. The molecule has 0 atom stereocenters. The minimum atomic E-state index is 0.584. The monoisotopic (exact) mass is 291 g/mol. The van der Waals surface area contributed by atoms with Crippen molar-refractivity contribution < 1.29 is 9.47 Å². The van der Waals surface area contributed by atoms with E-state index in [2.05, 4.69) is 5.32 Å². The minimum absolute atomic E-state index is 0.584. The molecular weight excluding hydrogens is 274 g/mol. The summed E-state index contributed by atoms with van der Waals surface area (Å²) in [6.45, 7) is 2.78. The van der Waals surface area contributed by atoms with Crippen molar-refractivity contribution in [2.75, 3.05) is 14.2 Å². The number of benzene rings is 2. The van der Waals surface area contributed by atoms with Gasteiger partial charge in [-0.1, -0.05) is 23.7 Å². The molecule has 0 bridgehead atoms. The maximum absolute atomic E-state index is 6.25. The number of hydrogen-bond donors (Lipinski definition) is 1. The Hall–Kier alpha value is -1.71. The highest BCUT2D eigenvalue weighted by atomic mass is 35.5. The van der Waals surface area contributed by atoms with Crippen LogP contribution < -0.4 is 14.8 Å². The summed E-state index contributed by atoms with van der Waals surface area (Å²) in [7, 11) is 3.52. The molecule has 2 aromatic rings. The Morgan fingerprint density at radius 2 is 1.80 bits per heavy atom. The third-order valence-electron chi connectivity index (χ3n) is 2.92. The van der Waals surface area contributed by atoms with Gasteiger partial charge in [-0.15, -0.1) is 0 Å². The van der Waals surface area contributed by atoms with E-state index in [9.17, 15) is 0 Å². The molecule has 0 aromatic heterocycles. The van der Waals surface area contributed by atoms with Crippen molar-refractivity contribution in [1.82, 2.24) is 5.32 Å². The first-order chi connectivity index (χ1) is 9.63. The van der Waals surface area contributed by atoms with Gasteiger partial charge < -0.3 is 14.8 Å². The topological polar surface area (TPSA) is 30.5 Å². The molecule has 2 aromatic carbocycles. The molecule has 0 fully saturated rings. The fraction of sp³-hybridized carbons (Fsp3) is 0.250. The van der Waals surface area contributed by atoms with Crippen LogP contribution in [0.4, 0.5) is 0 Å². The van der Waals surface area contributed by atoms with Gasteiger partial charge in [-0.2, -0.15) is 0 Å². The zero-order valence-electron chi connectivity index (χ0n) is 11.9. The Bertz CT molecular complexity index is 599. The maximum atomic E-state index is 6.25. The molecule has 0 saturated carbocycles. The van der Waals surface area contributed by atoms with E-state index >= 15 is 0 Å². The Morgan fingerprint density at radius 1 is 1.05 bits per heavy atom. The molecule has 106 valence electrons. The molecule has 0 saturated heterocycles. The molecule has 20 heavy (non-hydrogen) atoms. The Balaban J connectivity index is 2.26. The van der Waals surface area contributed by atoms with Gasteiger partial charge in [-0.3, -0.25) is 0 Å². The lowest BCUT2D eigenvalue weighted by Crippen LogP contribution is -2.04. The number of rotatable bonds is 5. The molecule has 0 heterocycles. The first-order valence-electron chi connectivity index (χ1n) is 6.39. The van der Waals surface area contributed by atoms with Gasteiger partial charge in [0.1, 0.15) is 5.75 Å². The summed E-state index contributed by atoms with van der Waals surface area (Å²) >= 11 is 6.25. The molecule has 0 aliphatic carbocycles. The largest absolute Gasteiger partial charge is 0.493 e. The zero-order chi connectivity index (χ0) is 14.5. The van der Waals surface area contributed by atoms with Crippen molar-refractivity contribution in [1.29, 1.82) is 0 Å². The summed E-state index contributed by atoms with van der Waals surface area (Å²) in [5.41, 5.74) is 2.23. The summed E-state index contributed by atoms with van der Waals surface area (Å²) in [5.74, 6) is 1.97. The van der Waals surface area contributed by atoms with E-state index in [1.54, 1.807) is 7.11 Å². The zero-order valence-corrected chi connectivity index (χ0v) is 12.6. The van der Waals surface area contributed by atoms with E-state index in [-0.39, 0.29) is 0 Å². The molecule has 0 unspecified atom stereocenters. The summed E-state index contributed by atoms with van der Waals surface area (Å²) in [5, 5.41) is 3.67. The number of nitrogens with one attached hydrogen (secondary N) is 1. The number of methoxy groups -OCH3 is 1. The third kappa shape index (κ3) is 3.44. The second kappa shape index (κ2) is 6.64. The van der Waals surface area contributed by atoms with E-state index in [0.717, 1.165) is 17.7 Å². The van der Waals surface area contributed by atoms with Crippen molar-refractivity contribution in [3.63, 3.8) is 0 Å². The fourth-order valence-corrected chi connectivity index (χ4v) is 2.16. The molecule has 4 heteroatoms. The van der Waals surface area contributed by atoms with Gasteiger partial charge in [0, 0.05) is 6.54 Å². The predicted octanol–water partition coefficient (Wildman–Crippen LogP) is 4.17. The van der Waals surface area contributed by atoms with Crippen LogP contribution in [0.1, 0.15) is 11.1 Å². The number of ether oxygens (including phenoxy) is 2. The van der Waals surface area contributed by atoms with Crippen molar-refractivity contribution in [3.8, 4) is 17.2 Å². The SMILES string of the molecule is CNCc1ccc(Oc2ccc(C)cc2OC)c(Cl)c1. The lowest BCUT2D eigenvalue weighted by atomic mass is 10.2. The average Bonchev–Trinajstić information content (AvgIpc) is 2.43. The normalized spacial score (nSPS) is 10.4. The molecular formula is C16H18ClNO2. The van der Waals surface area contributed by atoms with Crippen molar-refractivity contribution in [3.05, 3.63) is 52.5 Å². The Morgan fingerprint density at radius 3 is 2.45 bits per heavy atom. The highest BCUT2D eigenvalue weighted by Crippen LogP contribution is 2.35. The van der Waals surface area contributed by atoms with Crippen LogP contribution in [0, 0.1) is 6.92 Å². The van der Waals surface area contributed by atoms with Crippen molar-refractivity contribution in [2.45, 2.75) is 13.5 Å². The summed E-state index contributed by atoms with van der Waals surface area (Å²) < 4.78 is 11.2. The molecule has 0 amide bonds. The maximum Gasteiger partial charge on any atom is 0.169 e. The number of hydrogen-bond acceptors (Lipinski definition) is 3. The Labute approximate surface area is 124 Å². The van der Waals surface area contributed by atoms with E-state index in [1.165, 1.54) is 0 Å². The molecule has 0 spiro atoms. The van der Waals surface area contributed by atoms with Crippen molar-refractivity contribution >= 4 is 11.6 Å². The van der Waals surface area contributed by atoms with E-state index < -0.39 is 0 Å². The van der Waals surface area contributed by atoms with Crippen LogP contribution in [-0.2, 0) is 6.54 Å². The van der Waals surface area contributed by atoms with Crippen LogP contribution in [0.2, 0.25) is 5.02 Å². The first-order valence-corrected chi connectivity index (χ1v) is 6.77. The molecule has 1 N–H and O–H groups in total. The average molecular weight is 292 g/mol. The highest BCUT2D eigenvalue weighted by molar-refractivity contribution is 6.32. The second-order valence-electron chi connectivity index (χ2n) is 4.55. The van der Waals surface area contributed by atoms with E-state index in [0.29, 0.717) is 22.3 Å². The van der Waals surface area contributed by atoms with Gasteiger partial charge in [0.2, 0.25) is 0 Å². The van der Waals surface area contributed by atoms with Crippen molar-refractivity contribution in [2.24, 2.45) is 0 Å². The molecule has 3 nitrogen and oxygen atoms in total. The standard InChI is InChI=1S/C16H18ClNO2/c1-11-4-6-15(16(8-11)19-3)20-14-7-5-12(10-18-2)9-13(14)17/h4-9,18H,10H2,1-3H3. The van der Waals surface area contributed by atoms with Gasteiger partial charge in [0.05, 0.1) is 12.1 Å². The molecule has 0 aliphatic rings. The van der Waals surface area contributed by atoms with Gasteiger partial charge >= 0.3 is 0 Å². The lowest BCUT2D eigenvalue weighted by molar-refractivity contribution is 0.378. The molecule has 0 aliphatic heterocycles. The first kappa shape index (κ1) is 14.7. The smallest absolute Gasteiger partial charge is 0.169 e. The van der Waals surface area contributed by atoms with Crippen LogP contribution >= 0.6 is 11.6 Å². The van der Waals surface area contributed by atoms with Crippen LogP contribution in [0.15, 0.2) is 36.4 Å². The number of aryl methyl sites for hydroxylation is 1. The highest BCUT2D eigenvalue weighted by Gasteiger charge is 2.09. The van der Waals surface area contributed by atoms with E-state index in [1.807, 2.05) is 50.4 Å². The quantitative estimate of drug-likeness (QED) is 0.897. The van der Waals surface area contributed by atoms with Crippen LogP contribution in [0.25, 0.3) is 0 Å². The summed E-state index contributed by atoms with van der Waals surface area (Å²) in [6.07, 6.45) is 0. The van der Waals surface area contributed by atoms with Gasteiger partial charge in [0.25, 0.3) is 0 Å². The third-order valence-corrected chi connectivity index (χ3v) is 3.21. The van der Waals surface area contributed by atoms with E-state index in [4.69, 9.17) is 21.1 Å². The molecule has 2 rings (SSSR count). The fourth-order valence-electron chi connectivity index (χ4n) is 1.92. The van der Waals surface area contributed by atoms with Crippen LogP contribution in [-0.4, -0.2) is 14.2 Å². The van der Waals surface area contributed by atoms with Gasteiger partial charge in [0.15, 0.2) is 11.5 Å². The predicted molar refractivity (Wildman–Crippen MR) is 82.0 cm³/mol. The lowest BCUT2D eigenvalue weighted by Gasteiger charge is -2.12. The van der Waals surface area contributed by atoms with Gasteiger partial charge in [-0.05, 0) is 49.4 Å². The second-order valence-corrected chi connectivity index (χ2v) is 4.96.